The second kappa shape index (κ2) is 7.94. The number of amides is 1. The number of hydrogen-bond acceptors (Lipinski definition) is 5. The maximum Gasteiger partial charge on any atom is 0.289 e. The number of piperazine rings is 1. The number of pyridine rings is 1. The van der Waals surface area contributed by atoms with Gasteiger partial charge in [-0.05, 0) is 36.8 Å². The van der Waals surface area contributed by atoms with Gasteiger partial charge in [-0.3, -0.25) is 19.5 Å². The van der Waals surface area contributed by atoms with Gasteiger partial charge in [0, 0.05) is 57.1 Å². The Morgan fingerprint density at radius 3 is 2.68 bits per heavy atom. The first-order chi connectivity index (χ1) is 13.6. The summed E-state index contributed by atoms with van der Waals surface area (Å²) < 4.78 is 5.76. The molecule has 0 spiro atoms. The van der Waals surface area contributed by atoms with Crippen LogP contribution in [0.15, 0.2) is 57.9 Å². The second-order valence-corrected chi connectivity index (χ2v) is 7.18. The van der Waals surface area contributed by atoms with Gasteiger partial charge in [0.05, 0.1) is 5.39 Å². The van der Waals surface area contributed by atoms with Crippen molar-refractivity contribution in [3.8, 4) is 0 Å². The highest BCUT2D eigenvalue weighted by molar-refractivity contribution is 5.93. The lowest BCUT2D eigenvalue weighted by atomic mass is 10.1. The van der Waals surface area contributed by atoms with Gasteiger partial charge in [-0.25, -0.2) is 0 Å². The van der Waals surface area contributed by atoms with Crippen LogP contribution in [0.1, 0.15) is 21.8 Å². The standard InChI is InChI=1S/C22H23N3O3/c1-16-5-6-18-19(26)15-21(28-20(18)14-16)22(27)25-12-10-24(11-13-25)9-7-17-4-2-3-8-23-17/h2-6,8,14-15H,7,9-13H2,1H3. The first-order valence-electron chi connectivity index (χ1n) is 9.56. The van der Waals surface area contributed by atoms with Crippen molar-refractivity contribution in [2.75, 3.05) is 32.7 Å². The molecular formula is C22H23N3O3. The fourth-order valence-corrected chi connectivity index (χ4v) is 3.52. The Labute approximate surface area is 163 Å². The molecule has 3 aromatic rings. The quantitative estimate of drug-likeness (QED) is 0.699. The zero-order valence-electron chi connectivity index (χ0n) is 15.9. The van der Waals surface area contributed by atoms with E-state index in [-0.39, 0.29) is 17.1 Å². The van der Waals surface area contributed by atoms with E-state index in [1.54, 1.807) is 17.0 Å². The van der Waals surface area contributed by atoms with Gasteiger partial charge in [0.2, 0.25) is 0 Å². The third kappa shape index (κ3) is 3.97. The summed E-state index contributed by atoms with van der Waals surface area (Å²) in [4.78, 5) is 33.6. The van der Waals surface area contributed by atoms with Crippen LogP contribution in [0, 0.1) is 6.92 Å². The molecule has 0 radical (unpaired) electrons. The van der Waals surface area contributed by atoms with Crippen LogP contribution in [-0.2, 0) is 6.42 Å². The highest BCUT2D eigenvalue weighted by Gasteiger charge is 2.24. The minimum absolute atomic E-state index is 0.116. The van der Waals surface area contributed by atoms with Crippen LogP contribution in [0.3, 0.4) is 0 Å². The van der Waals surface area contributed by atoms with Crippen molar-refractivity contribution >= 4 is 16.9 Å². The van der Waals surface area contributed by atoms with E-state index in [0.29, 0.717) is 24.1 Å². The molecule has 6 nitrogen and oxygen atoms in total. The van der Waals surface area contributed by atoms with E-state index >= 15 is 0 Å². The van der Waals surface area contributed by atoms with Gasteiger partial charge in [-0.15, -0.1) is 0 Å². The third-order valence-corrected chi connectivity index (χ3v) is 5.17. The van der Waals surface area contributed by atoms with Crippen LogP contribution >= 0.6 is 0 Å². The Bertz CT molecular complexity index is 1040. The van der Waals surface area contributed by atoms with E-state index in [9.17, 15) is 9.59 Å². The van der Waals surface area contributed by atoms with Crippen molar-refractivity contribution in [2.45, 2.75) is 13.3 Å². The number of carbonyl (C=O) groups excluding carboxylic acids is 1. The van der Waals surface area contributed by atoms with Crippen molar-refractivity contribution in [1.82, 2.24) is 14.8 Å². The average molecular weight is 377 g/mol. The maximum absolute atomic E-state index is 12.8. The molecule has 4 rings (SSSR count). The van der Waals surface area contributed by atoms with E-state index in [2.05, 4.69) is 9.88 Å². The van der Waals surface area contributed by atoms with Gasteiger partial charge in [0.15, 0.2) is 11.2 Å². The Balaban J connectivity index is 1.40. The van der Waals surface area contributed by atoms with Gasteiger partial charge in [-0.1, -0.05) is 12.1 Å². The lowest BCUT2D eigenvalue weighted by Crippen LogP contribution is -2.49. The number of benzene rings is 1. The van der Waals surface area contributed by atoms with E-state index in [4.69, 9.17) is 4.42 Å². The van der Waals surface area contributed by atoms with Gasteiger partial charge in [0.1, 0.15) is 5.58 Å². The average Bonchev–Trinajstić information content (AvgIpc) is 2.72. The van der Waals surface area contributed by atoms with Crippen molar-refractivity contribution in [3.63, 3.8) is 0 Å². The molecule has 0 atom stereocenters. The Morgan fingerprint density at radius 1 is 1.11 bits per heavy atom. The monoisotopic (exact) mass is 377 g/mol. The topological polar surface area (TPSA) is 66.7 Å². The minimum atomic E-state index is -0.218. The van der Waals surface area contributed by atoms with Crippen LogP contribution in [0.5, 0.6) is 0 Å². The molecule has 28 heavy (non-hydrogen) atoms. The Kier molecular flexibility index (Phi) is 5.21. The normalized spacial score (nSPS) is 15.1. The number of nitrogens with zero attached hydrogens (tertiary/aromatic N) is 3. The summed E-state index contributed by atoms with van der Waals surface area (Å²) in [6.07, 6.45) is 2.71. The molecule has 6 heteroatoms. The number of carbonyl (C=O) groups is 1. The number of hydrogen-bond donors (Lipinski definition) is 0. The summed E-state index contributed by atoms with van der Waals surface area (Å²) in [6.45, 7) is 5.69. The summed E-state index contributed by atoms with van der Waals surface area (Å²) in [5.41, 5.74) is 2.35. The molecule has 1 amide bonds. The lowest BCUT2D eigenvalue weighted by Gasteiger charge is -2.34. The van der Waals surface area contributed by atoms with Crippen LogP contribution in [0.4, 0.5) is 0 Å². The molecule has 1 aliphatic heterocycles. The molecule has 0 bridgehead atoms. The summed E-state index contributed by atoms with van der Waals surface area (Å²) >= 11 is 0. The van der Waals surface area contributed by atoms with Crippen LogP contribution in [-0.4, -0.2) is 53.4 Å². The molecule has 2 aromatic heterocycles. The first-order valence-corrected chi connectivity index (χ1v) is 9.56. The smallest absolute Gasteiger partial charge is 0.289 e. The number of aryl methyl sites for hydroxylation is 1. The van der Waals surface area contributed by atoms with Crippen molar-refractivity contribution in [2.24, 2.45) is 0 Å². The summed E-state index contributed by atoms with van der Waals surface area (Å²) in [5.74, 6) is -0.102. The molecular weight excluding hydrogens is 354 g/mol. The third-order valence-electron chi connectivity index (χ3n) is 5.17. The summed E-state index contributed by atoms with van der Waals surface area (Å²) in [5, 5.41) is 0.501. The van der Waals surface area contributed by atoms with Crippen LogP contribution in [0.25, 0.3) is 11.0 Å². The molecule has 1 aliphatic rings. The van der Waals surface area contributed by atoms with E-state index < -0.39 is 0 Å². The zero-order chi connectivity index (χ0) is 19.5. The molecule has 0 aliphatic carbocycles. The fraction of sp³-hybridized carbons (Fsp3) is 0.318. The number of rotatable bonds is 4. The Hall–Kier alpha value is -2.99. The molecule has 3 heterocycles. The van der Waals surface area contributed by atoms with E-state index in [1.165, 1.54) is 6.07 Å². The van der Waals surface area contributed by atoms with Crippen molar-refractivity contribution in [3.05, 3.63) is 75.9 Å². The van der Waals surface area contributed by atoms with Gasteiger partial charge < -0.3 is 9.32 Å². The molecule has 0 unspecified atom stereocenters. The van der Waals surface area contributed by atoms with Crippen molar-refractivity contribution < 1.29 is 9.21 Å². The SMILES string of the molecule is Cc1ccc2c(=O)cc(C(=O)N3CCN(CCc4ccccn4)CC3)oc2c1. The molecule has 0 saturated carbocycles. The van der Waals surface area contributed by atoms with E-state index in [0.717, 1.165) is 37.3 Å². The summed E-state index contributed by atoms with van der Waals surface area (Å²) in [7, 11) is 0. The second-order valence-electron chi connectivity index (χ2n) is 7.18. The molecule has 1 saturated heterocycles. The van der Waals surface area contributed by atoms with Crippen LogP contribution < -0.4 is 5.43 Å². The molecule has 1 fully saturated rings. The van der Waals surface area contributed by atoms with Gasteiger partial charge in [-0.2, -0.15) is 0 Å². The maximum atomic E-state index is 12.8. The number of aromatic nitrogens is 1. The molecule has 144 valence electrons. The predicted octanol–water partition coefficient (Wildman–Crippen LogP) is 2.50. The largest absolute Gasteiger partial charge is 0.451 e. The Morgan fingerprint density at radius 2 is 1.93 bits per heavy atom. The zero-order valence-corrected chi connectivity index (χ0v) is 15.9. The van der Waals surface area contributed by atoms with E-state index in [1.807, 2.05) is 37.4 Å². The predicted molar refractivity (Wildman–Crippen MR) is 108 cm³/mol. The number of fused-ring (bicyclic) bond motifs is 1. The molecule has 0 N–H and O–H groups in total. The van der Waals surface area contributed by atoms with Gasteiger partial charge in [0.25, 0.3) is 5.91 Å². The summed E-state index contributed by atoms with van der Waals surface area (Å²) in [6, 6.07) is 12.7. The fourth-order valence-electron chi connectivity index (χ4n) is 3.52. The first kappa shape index (κ1) is 18.4. The van der Waals surface area contributed by atoms with Crippen molar-refractivity contribution in [1.29, 1.82) is 0 Å². The lowest BCUT2D eigenvalue weighted by molar-refractivity contribution is 0.0608. The highest BCUT2D eigenvalue weighted by atomic mass is 16.3. The van der Waals surface area contributed by atoms with Gasteiger partial charge >= 0.3 is 0 Å². The molecule has 1 aromatic carbocycles. The highest BCUT2D eigenvalue weighted by Crippen LogP contribution is 2.16. The van der Waals surface area contributed by atoms with Crippen LogP contribution in [0.2, 0.25) is 0 Å². The minimum Gasteiger partial charge on any atom is -0.451 e.